The van der Waals surface area contributed by atoms with Gasteiger partial charge in [-0.25, -0.2) is 4.98 Å². The second kappa shape index (κ2) is 3.64. The second-order valence-corrected chi connectivity index (χ2v) is 4.65. The lowest BCUT2D eigenvalue weighted by molar-refractivity contribution is 0.172. The Balaban J connectivity index is 2.05. The van der Waals surface area contributed by atoms with E-state index in [2.05, 4.69) is 4.98 Å². The number of rotatable bonds is 1. The summed E-state index contributed by atoms with van der Waals surface area (Å²) in [6.07, 6.45) is 2.01. The molecule has 1 aliphatic rings. The molecule has 3 heterocycles. The van der Waals surface area contributed by atoms with Gasteiger partial charge in [-0.3, -0.25) is 4.40 Å². The molecule has 0 fully saturated rings. The van der Waals surface area contributed by atoms with E-state index in [0.29, 0.717) is 19.8 Å². The predicted octanol–water partition coefficient (Wildman–Crippen LogP) is 1.06. The number of ether oxygens (including phenoxy) is 2. The molecule has 0 radical (unpaired) electrons. The van der Waals surface area contributed by atoms with Crippen molar-refractivity contribution in [1.82, 2.24) is 14.0 Å². The van der Waals surface area contributed by atoms with Crippen molar-refractivity contribution >= 4 is 16.8 Å². The SMILES string of the molecule is Cn1c(CN)cn2c3cc4c(cc3nc12)OCCO4. The van der Waals surface area contributed by atoms with Crippen molar-refractivity contribution in [1.29, 1.82) is 0 Å². The minimum Gasteiger partial charge on any atom is -0.486 e. The van der Waals surface area contributed by atoms with Crippen LogP contribution in [0.4, 0.5) is 0 Å². The van der Waals surface area contributed by atoms with Gasteiger partial charge in [0.05, 0.1) is 16.7 Å². The molecule has 0 saturated heterocycles. The van der Waals surface area contributed by atoms with E-state index in [1.54, 1.807) is 0 Å². The maximum atomic E-state index is 5.72. The van der Waals surface area contributed by atoms with E-state index in [1.807, 2.05) is 34.3 Å². The number of aryl methyl sites for hydroxylation is 1. The number of nitrogens with zero attached hydrogens (tertiary/aromatic N) is 3. The maximum absolute atomic E-state index is 5.72. The molecule has 2 N–H and O–H groups in total. The Morgan fingerprint density at radius 2 is 2.00 bits per heavy atom. The Kier molecular flexibility index (Phi) is 2.05. The van der Waals surface area contributed by atoms with Gasteiger partial charge in [0, 0.05) is 31.9 Å². The summed E-state index contributed by atoms with van der Waals surface area (Å²) in [5.41, 5.74) is 8.67. The highest BCUT2D eigenvalue weighted by Crippen LogP contribution is 2.34. The van der Waals surface area contributed by atoms with Gasteiger partial charge in [0.15, 0.2) is 11.5 Å². The van der Waals surface area contributed by atoms with Crippen LogP contribution in [0.3, 0.4) is 0 Å². The Labute approximate surface area is 109 Å². The fourth-order valence-corrected chi connectivity index (χ4v) is 2.54. The monoisotopic (exact) mass is 258 g/mol. The lowest BCUT2D eigenvalue weighted by Gasteiger charge is -2.17. The van der Waals surface area contributed by atoms with E-state index in [9.17, 15) is 0 Å². The van der Waals surface area contributed by atoms with Crippen LogP contribution in [0, 0.1) is 0 Å². The molecule has 19 heavy (non-hydrogen) atoms. The number of fused-ring (bicyclic) bond motifs is 4. The molecule has 6 heteroatoms. The van der Waals surface area contributed by atoms with Crippen LogP contribution >= 0.6 is 0 Å². The van der Waals surface area contributed by atoms with E-state index in [0.717, 1.165) is 34.0 Å². The van der Waals surface area contributed by atoms with Gasteiger partial charge in [-0.1, -0.05) is 0 Å². The molecule has 2 aromatic heterocycles. The fraction of sp³-hybridized carbons (Fsp3) is 0.308. The van der Waals surface area contributed by atoms with Crippen LogP contribution in [0.15, 0.2) is 18.3 Å². The van der Waals surface area contributed by atoms with Gasteiger partial charge in [-0.05, 0) is 0 Å². The standard InChI is InChI=1S/C13H14N4O2/c1-16-8(6-14)7-17-10-5-12-11(18-2-3-19-12)4-9(10)15-13(16)17/h4-5,7H,2-3,6,14H2,1H3. The smallest absolute Gasteiger partial charge is 0.214 e. The van der Waals surface area contributed by atoms with Crippen LogP contribution in [0.5, 0.6) is 11.5 Å². The van der Waals surface area contributed by atoms with Crippen LogP contribution in [-0.4, -0.2) is 27.2 Å². The molecule has 0 saturated carbocycles. The van der Waals surface area contributed by atoms with Crippen molar-refractivity contribution < 1.29 is 9.47 Å². The van der Waals surface area contributed by atoms with Gasteiger partial charge < -0.3 is 19.8 Å². The van der Waals surface area contributed by atoms with Crippen molar-refractivity contribution in [3.63, 3.8) is 0 Å². The summed E-state index contributed by atoms with van der Waals surface area (Å²) in [6, 6.07) is 3.91. The largest absolute Gasteiger partial charge is 0.486 e. The first-order valence-corrected chi connectivity index (χ1v) is 6.24. The molecule has 4 rings (SSSR count). The Morgan fingerprint density at radius 3 is 2.74 bits per heavy atom. The summed E-state index contributed by atoms with van der Waals surface area (Å²) in [5.74, 6) is 2.41. The molecule has 98 valence electrons. The zero-order valence-electron chi connectivity index (χ0n) is 10.6. The van der Waals surface area contributed by atoms with Crippen LogP contribution < -0.4 is 15.2 Å². The van der Waals surface area contributed by atoms with E-state index < -0.39 is 0 Å². The Hall–Kier alpha value is -2.21. The number of hydrogen-bond acceptors (Lipinski definition) is 4. The molecule has 0 unspecified atom stereocenters. The summed E-state index contributed by atoms with van der Waals surface area (Å²) in [5, 5.41) is 0. The number of aromatic nitrogens is 3. The number of imidazole rings is 2. The quantitative estimate of drug-likeness (QED) is 0.708. The maximum Gasteiger partial charge on any atom is 0.214 e. The number of hydrogen-bond donors (Lipinski definition) is 1. The average molecular weight is 258 g/mol. The van der Waals surface area contributed by atoms with Crippen molar-refractivity contribution in [2.75, 3.05) is 13.2 Å². The summed E-state index contributed by atoms with van der Waals surface area (Å²) < 4.78 is 15.2. The normalized spacial score (nSPS) is 14.4. The van der Waals surface area contributed by atoms with Crippen molar-refractivity contribution in [3.05, 3.63) is 24.0 Å². The van der Waals surface area contributed by atoms with E-state index >= 15 is 0 Å². The molecule has 0 atom stereocenters. The molecule has 1 aromatic carbocycles. The van der Waals surface area contributed by atoms with Crippen LogP contribution in [-0.2, 0) is 13.6 Å². The average Bonchev–Trinajstić information content (AvgIpc) is 2.93. The lowest BCUT2D eigenvalue weighted by Crippen LogP contribution is -2.15. The van der Waals surface area contributed by atoms with Crippen molar-refractivity contribution in [3.8, 4) is 11.5 Å². The summed E-state index contributed by atoms with van der Waals surface area (Å²) >= 11 is 0. The zero-order valence-corrected chi connectivity index (χ0v) is 10.6. The van der Waals surface area contributed by atoms with Crippen molar-refractivity contribution in [2.45, 2.75) is 6.54 Å². The molecular weight excluding hydrogens is 244 g/mol. The van der Waals surface area contributed by atoms with Gasteiger partial charge in [0.25, 0.3) is 0 Å². The highest BCUT2D eigenvalue weighted by molar-refractivity contribution is 5.83. The van der Waals surface area contributed by atoms with Crippen LogP contribution in [0.25, 0.3) is 16.8 Å². The summed E-state index contributed by atoms with van der Waals surface area (Å²) in [4.78, 5) is 4.63. The van der Waals surface area contributed by atoms with Crippen molar-refractivity contribution in [2.24, 2.45) is 12.8 Å². The third-order valence-corrected chi connectivity index (χ3v) is 3.55. The van der Waals surface area contributed by atoms with E-state index in [-0.39, 0.29) is 0 Å². The first-order valence-electron chi connectivity index (χ1n) is 6.24. The Bertz CT molecular complexity index is 787. The fourth-order valence-electron chi connectivity index (χ4n) is 2.54. The van der Waals surface area contributed by atoms with Gasteiger partial charge >= 0.3 is 0 Å². The van der Waals surface area contributed by atoms with Gasteiger partial charge in [0.2, 0.25) is 5.78 Å². The van der Waals surface area contributed by atoms with Crippen LogP contribution in [0.2, 0.25) is 0 Å². The third-order valence-electron chi connectivity index (χ3n) is 3.55. The molecule has 6 nitrogen and oxygen atoms in total. The molecule has 3 aromatic rings. The van der Waals surface area contributed by atoms with Gasteiger partial charge in [0.1, 0.15) is 13.2 Å². The predicted molar refractivity (Wildman–Crippen MR) is 70.6 cm³/mol. The molecular formula is C13H14N4O2. The summed E-state index contributed by atoms with van der Waals surface area (Å²) in [7, 11) is 1.97. The van der Waals surface area contributed by atoms with Gasteiger partial charge in [-0.2, -0.15) is 0 Å². The minimum atomic E-state index is 0.492. The molecule has 1 aliphatic heterocycles. The highest BCUT2D eigenvalue weighted by atomic mass is 16.6. The second-order valence-electron chi connectivity index (χ2n) is 4.65. The Morgan fingerprint density at radius 1 is 1.26 bits per heavy atom. The molecule has 0 aliphatic carbocycles. The zero-order chi connectivity index (χ0) is 13.0. The molecule has 0 spiro atoms. The highest BCUT2D eigenvalue weighted by Gasteiger charge is 2.17. The van der Waals surface area contributed by atoms with E-state index in [4.69, 9.17) is 15.2 Å². The third kappa shape index (κ3) is 1.37. The first kappa shape index (κ1) is 10.7. The minimum absolute atomic E-state index is 0.492. The topological polar surface area (TPSA) is 66.7 Å². The van der Waals surface area contributed by atoms with E-state index in [1.165, 1.54) is 0 Å². The summed E-state index contributed by atoms with van der Waals surface area (Å²) in [6.45, 7) is 1.67. The number of benzene rings is 1. The molecule has 0 bridgehead atoms. The van der Waals surface area contributed by atoms with Crippen LogP contribution in [0.1, 0.15) is 5.69 Å². The first-order chi connectivity index (χ1) is 9.28. The van der Waals surface area contributed by atoms with Gasteiger partial charge in [-0.15, -0.1) is 0 Å². The lowest BCUT2D eigenvalue weighted by atomic mass is 10.2. The number of nitrogens with two attached hydrogens (primary N) is 1. The molecule has 0 amide bonds.